The molecule has 2 rings (SSSR count). The van der Waals surface area contributed by atoms with Crippen molar-refractivity contribution in [1.82, 2.24) is 5.32 Å². The minimum absolute atomic E-state index is 0.246. The van der Waals surface area contributed by atoms with Crippen LogP contribution in [0.5, 0.6) is 0 Å². The molecule has 0 bridgehead atoms. The Labute approximate surface area is 123 Å². The Morgan fingerprint density at radius 2 is 2.25 bits per heavy atom. The molecule has 8 heteroatoms. The molecular formula is C12H10ClN3O3S. The van der Waals surface area contributed by atoms with Crippen molar-refractivity contribution in [2.45, 2.75) is 11.7 Å². The van der Waals surface area contributed by atoms with E-state index in [2.05, 4.69) is 15.5 Å². The fourth-order valence-corrected chi connectivity index (χ4v) is 2.57. The molecule has 1 saturated heterocycles. The van der Waals surface area contributed by atoms with Gasteiger partial charge in [0.2, 0.25) is 5.91 Å². The van der Waals surface area contributed by atoms with Crippen LogP contribution in [-0.4, -0.2) is 33.6 Å². The monoisotopic (exact) mass is 311 g/mol. The van der Waals surface area contributed by atoms with E-state index in [-0.39, 0.29) is 17.5 Å². The molecule has 1 atom stereocenters. The molecule has 1 aliphatic heterocycles. The van der Waals surface area contributed by atoms with E-state index in [9.17, 15) is 9.59 Å². The number of nitrogens with zero attached hydrogens (tertiary/aromatic N) is 2. The maximum atomic E-state index is 11.5. The first kappa shape index (κ1) is 14.5. The molecule has 0 spiro atoms. The maximum Gasteiger partial charge on any atom is 0.305 e. The van der Waals surface area contributed by atoms with Gasteiger partial charge in [0.05, 0.1) is 12.6 Å². The third kappa shape index (κ3) is 3.82. The predicted molar refractivity (Wildman–Crippen MR) is 78.3 cm³/mol. The van der Waals surface area contributed by atoms with Crippen LogP contribution in [-0.2, 0) is 9.59 Å². The summed E-state index contributed by atoms with van der Waals surface area (Å²) in [4.78, 5) is 22.0. The van der Waals surface area contributed by atoms with Gasteiger partial charge in [-0.15, -0.1) is 5.10 Å². The zero-order chi connectivity index (χ0) is 14.5. The lowest BCUT2D eigenvalue weighted by Gasteiger charge is -1.97. The van der Waals surface area contributed by atoms with Crippen molar-refractivity contribution >= 4 is 46.6 Å². The van der Waals surface area contributed by atoms with Crippen molar-refractivity contribution in [2.75, 3.05) is 0 Å². The lowest BCUT2D eigenvalue weighted by Crippen LogP contribution is -2.26. The first-order valence-corrected chi connectivity index (χ1v) is 6.87. The van der Waals surface area contributed by atoms with Crippen LogP contribution in [0.3, 0.4) is 0 Å². The van der Waals surface area contributed by atoms with Crippen molar-refractivity contribution in [2.24, 2.45) is 10.2 Å². The number of carboxylic acids is 1. The number of carbonyl (C=O) groups excluding carboxylic acids is 1. The van der Waals surface area contributed by atoms with Crippen LogP contribution < -0.4 is 5.32 Å². The Morgan fingerprint density at radius 3 is 2.95 bits per heavy atom. The summed E-state index contributed by atoms with van der Waals surface area (Å²) >= 11 is 6.99. The fourth-order valence-electron chi connectivity index (χ4n) is 1.47. The average Bonchev–Trinajstić information content (AvgIpc) is 2.72. The number of amides is 1. The largest absolute Gasteiger partial charge is 0.481 e. The van der Waals surface area contributed by atoms with Crippen molar-refractivity contribution in [1.29, 1.82) is 0 Å². The zero-order valence-electron chi connectivity index (χ0n) is 10.1. The molecule has 1 fully saturated rings. The fraction of sp³-hybridized carbons (Fsp3) is 0.167. The highest BCUT2D eigenvalue weighted by molar-refractivity contribution is 8.15. The van der Waals surface area contributed by atoms with Crippen LogP contribution in [0.2, 0.25) is 5.02 Å². The van der Waals surface area contributed by atoms with Crippen LogP contribution in [0.25, 0.3) is 0 Å². The average molecular weight is 312 g/mol. The number of hydrogen-bond donors (Lipinski definition) is 2. The number of aliphatic carboxylic acids is 1. The van der Waals surface area contributed by atoms with Gasteiger partial charge in [-0.25, -0.2) is 0 Å². The maximum absolute atomic E-state index is 11.5. The van der Waals surface area contributed by atoms with Gasteiger partial charge in [-0.1, -0.05) is 41.6 Å². The van der Waals surface area contributed by atoms with E-state index in [0.29, 0.717) is 10.6 Å². The molecule has 1 heterocycles. The smallest absolute Gasteiger partial charge is 0.305 e. The Balaban J connectivity index is 2.01. The molecule has 20 heavy (non-hydrogen) atoms. The number of carbonyl (C=O) groups is 2. The van der Waals surface area contributed by atoms with Crippen LogP contribution >= 0.6 is 23.4 Å². The highest BCUT2D eigenvalue weighted by Crippen LogP contribution is 2.22. The predicted octanol–water partition coefficient (Wildman–Crippen LogP) is 1.74. The van der Waals surface area contributed by atoms with Gasteiger partial charge in [0.1, 0.15) is 5.25 Å². The van der Waals surface area contributed by atoms with Crippen molar-refractivity contribution in [3.8, 4) is 0 Å². The summed E-state index contributed by atoms with van der Waals surface area (Å²) in [6.45, 7) is 0. The number of benzene rings is 1. The molecule has 104 valence electrons. The van der Waals surface area contributed by atoms with Crippen LogP contribution in [0.15, 0.2) is 34.5 Å². The quantitative estimate of drug-likeness (QED) is 0.654. The Morgan fingerprint density at radius 1 is 1.50 bits per heavy atom. The number of carboxylic acid groups (broad SMARTS) is 1. The highest BCUT2D eigenvalue weighted by atomic mass is 35.5. The number of nitrogens with one attached hydrogen (secondary N) is 1. The summed E-state index contributed by atoms with van der Waals surface area (Å²) in [5.41, 5.74) is 0.704. The zero-order valence-corrected chi connectivity index (χ0v) is 11.7. The van der Waals surface area contributed by atoms with Crippen molar-refractivity contribution < 1.29 is 14.7 Å². The van der Waals surface area contributed by atoms with Gasteiger partial charge in [0, 0.05) is 10.6 Å². The van der Waals surface area contributed by atoms with Crippen LogP contribution in [0.4, 0.5) is 0 Å². The third-order valence-corrected chi connectivity index (χ3v) is 3.80. The molecule has 1 aliphatic rings. The van der Waals surface area contributed by atoms with Gasteiger partial charge in [-0.3, -0.25) is 9.59 Å². The van der Waals surface area contributed by atoms with E-state index >= 15 is 0 Å². The summed E-state index contributed by atoms with van der Waals surface area (Å²) in [6, 6.07) is 7.12. The summed E-state index contributed by atoms with van der Waals surface area (Å²) in [5.74, 6) is -1.40. The number of amidine groups is 1. The molecular weight excluding hydrogens is 302 g/mol. The first-order valence-electron chi connectivity index (χ1n) is 5.61. The Bertz CT molecular complexity index is 603. The summed E-state index contributed by atoms with van der Waals surface area (Å²) in [7, 11) is 0. The van der Waals surface area contributed by atoms with Crippen molar-refractivity contribution in [3.63, 3.8) is 0 Å². The topological polar surface area (TPSA) is 91.1 Å². The van der Waals surface area contributed by atoms with Gasteiger partial charge in [-0.05, 0) is 6.07 Å². The first-order chi connectivity index (χ1) is 9.56. The molecule has 1 aromatic carbocycles. The molecule has 1 unspecified atom stereocenters. The third-order valence-electron chi connectivity index (χ3n) is 2.39. The molecule has 6 nitrogen and oxygen atoms in total. The minimum atomic E-state index is -1.03. The second kappa shape index (κ2) is 6.53. The van der Waals surface area contributed by atoms with Gasteiger partial charge in [0.15, 0.2) is 5.17 Å². The highest BCUT2D eigenvalue weighted by Gasteiger charge is 2.32. The lowest BCUT2D eigenvalue weighted by molar-refractivity contribution is -0.138. The second-order valence-corrected chi connectivity index (χ2v) is 5.46. The van der Waals surface area contributed by atoms with Gasteiger partial charge in [-0.2, -0.15) is 5.10 Å². The molecule has 2 N–H and O–H groups in total. The van der Waals surface area contributed by atoms with E-state index in [4.69, 9.17) is 16.7 Å². The van der Waals surface area contributed by atoms with Crippen molar-refractivity contribution in [3.05, 3.63) is 34.9 Å². The number of thioether (sulfide) groups is 1. The molecule has 0 radical (unpaired) electrons. The number of rotatable bonds is 4. The summed E-state index contributed by atoms with van der Waals surface area (Å²) in [5, 5.41) is 19.0. The number of hydrogen-bond acceptors (Lipinski definition) is 5. The van der Waals surface area contributed by atoms with E-state index in [1.807, 2.05) is 6.07 Å². The SMILES string of the molecule is O=C(O)CC1S/C(=N/N=Cc2ccccc2Cl)NC1=O. The normalized spacial score (nSPS) is 20.6. The summed E-state index contributed by atoms with van der Waals surface area (Å²) < 4.78 is 0. The van der Waals surface area contributed by atoms with Gasteiger partial charge >= 0.3 is 5.97 Å². The molecule has 1 aromatic rings. The lowest BCUT2D eigenvalue weighted by atomic mass is 10.2. The standard InChI is InChI=1S/C12H10ClN3O3S/c13-8-4-2-1-3-7(8)6-14-16-12-15-11(19)9(20-12)5-10(17)18/h1-4,6,9H,5H2,(H,17,18)(H,15,16,19). The van der Waals surface area contributed by atoms with Gasteiger partial charge < -0.3 is 10.4 Å². The van der Waals surface area contributed by atoms with E-state index in [1.165, 1.54) is 6.21 Å². The Kier molecular flexibility index (Phi) is 4.75. The van der Waals surface area contributed by atoms with Crippen LogP contribution in [0.1, 0.15) is 12.0 Å². The molecule has 0 aliphatic carbocycles. The molecule has 0 saturated carbocycles. The minimum Gasteiger partial charge on any atom is -0.481 e. The molecule has 1 amide bonds. The van der Waals surface area contributed by atoms with E-state index in [1.54, 1.807) is 18.2 Å². The Hall–Kier alpha value is -1.86. The second-order valence-electron chi connectivity index (χ2n) is 3.86. The summed E-state index contributed by atoms with van der Waals surface area (Å²) in [6.07, 6.45) is 1.22. The van der Waals surface area contributed by atoms with E-state index < -0.39 is 11.2 Å². The van der Waals surface area contributed by atoms with Gasteiger partial charge in [0.25, 0.3) is 0 Å². The van der Waals surface area contributed by atoms with Crippen LogP contribution in [0, 0.1) is 0 Å². The molecule has 0 aromatic heterocycles. The number of halogens is 1. The van der Waals surface area contributed by atoms with E-state index in [0.717, 1.165) is 11.8 Å².